The van der Waals surface area contributed by atoms with E-state index in [1.165, 1.54) is 32.3 Å². The maximum atomic E-state index is 11.6. The first kappa shape index (κ1) is 12.0. The Morgan fingerprint density at radius 1 is 1.44 bits per heavy atom. The van der Waals surface area contributed by atoms with Crippen LogP contribution in [0.1, 0.15) is 24.2 Å². The van der Waals surface area contributed by atoms with Gasteiger partial charge < -0.3 is 16.0 Å². The highest BCUT2D eigenvalue weighted by atomic mass is 16.2. The molecule has 0 atom stereocenters. The summed E-state index contributed by atoms with van der Waals surface area (Å²) in [6.45, 7) is 2.93. The van der Waals surface area contributed by atoms with E-state index in [1.54, 1.807) is 0 Å². The van der Waals surface area contributed by atoms with Crippen molar-refractivity contribution in [3.8, 4) is 0 Å². The Kier molecular flexibility index (Phi) is 3.12. The van der Waals surface area contributed by atoms with E-state index in [4.69, 9.17) is 5.73 Å². The van der Waals surface area contributed by atoms with Crippen LogP contribution in [0.25, 0.3) is 0 Å². The van der Waals surface area contributed by atoms with Gasteiger partial charge in [0.1, 0.15) is 11.1 Å². The largest absolute Gasteiger partial charge is 0.368 e. The van der Waals surface area contributed by atoms with Gasteiger partial charge in [-0.3, -0.25) is 14.4 Å². The summed E-state index contributed by atoms with van der Waals surface area (Å²) in [6.07, 6.45) is 2.69. The number of rotatable bonds is 3. The molecule has 0 aliphatic carbocycles. The molecule has 0 unspecified atom stereocenters. The summed E-state index contributed by atoms with van der Waals surface area (Å²) in [4.78, 5) is 36.6. The number of hydrogen-bond donors (Lipinski definition) is 3. The maximum absolute atomic E-state index is 11.6. The standard InChI is InChI=1S/C10H13N3O3/c1-10(2,9(11)16)13-8(15)6-5-12-4-3-7(6)14/h3-5H,1-2H3,(H2,11,16)(H,12,14)(H,13,15). The smallest absolute Gasteiger partial charge is 0.257 e. The Balaban J connectivity index is 2.94. The summed E-state index contributed by atoms with van der Waals surface area (Å²) < 4.78 is 0. The number of pyridine rings is 1. The Labute approximate surface area is 91.9 Å². The van der Waals surface area contributed by atoms with Crippen LogP contribution in [0.15, 0.2) is 23.3 Å². The van der Waals surface area contributed by atoms with Crippen LogP contribution in [0.2, 0.25) is 0 Å². The molecule has 4 N–H and O–H groups in total. The zero-order chi connectivity index (χ0) is 12.3. The Bertz CT molecular complexity index is 476. The van der Waals surface area contributed by atoms with Gasteiger partial charge >= 0.3 is 0 Å². The van der Waals surface area contributed by atoms with Crippen molar-refractivity contribution in [3.05, 3.63) is 34.2 Å². The molecule has 86 valence electrons. The lowest BCUT2D eigenvalue weighted by atomic mass is 10.0. The van der Waals surface area contributed by atoms with Crippen LogP contribution >= 0.6 is 0 Å². The Morgan fingerprint density at radius 3 is 2.56 bits per heavy atom. The van der Waals surface area contributed by atoms with Crippen LogP contribution in [0.3, 0.4) is 0 Å². The third-order valence-electron chi connectivity index (χ3n) is 2.11. The quantitative estimate of drug-likeness (QED) is 0.635. The van der Waals surface area contributed by atoms with E-state index in [-0.39, 0.29) is 5.56 Å². The third-order valence-corrected chi connectivity index (χ3v) is 2.11. The van der Waals surface area contributed by atoms with Crippen LogP contribution in [-0.4, -0.2) is 22.3 Å². The second kappa shape index (κ2) is 4.18. The number of hydrogen-bond acceptors (Lipinski definition) is 3. The molecule has 0 aromatic carbocycles. The maximum Gasteiger partial charge on any atom is 0.257 e. The van der Waals surface area contributed by atoms with Crippen molar-refractivity contribution in [1.82, 2.24) is 10.3 Å². The summed E-state index contributed by atoms with van der Waals surface area (Å²) in [5.74, 6) is -1.31. The normalized spacial score (nSPS) is 10.9. The van der Waals surface area contributed by atoms with Gasteiger partial charge in [-0.25, -0.2) is 0 Å². The summed E-state index contributed by atoms with van der Waals surface area (Å²) >= 11 is 0. The summed E-state index contributed by atoms with van der Waals surface area (Å²) in [5.41, 5.74) is 3.42. The average molecular weight is 223 g/mol. The molecular formula is C10H13N3O3. The lowest BCUT2D eigenvalue weighted by Crippen LogP contribution is -2.53. The summed E-state index contributed by atoms with van der Waals surface area (Å²) in [5, 5.41) is 2.38. The van der Waals surface area contributed by atoms with Crippen LogP contribution < -0.4 is 16.5 Å². The van der Waals surface area contributed by atoms with Gasteiger partial charge in [0.25, 0.3) is 5.91 Å². The second-order valence-corrected chi connectivity index (χ2v) is 3.87. The molecule has 16 heavy (non-hydrogen) atoms. The molecule has 1 aromatic heterocycles. The summed E-state index contributed by atoms with van der Waals surface area (Å²) in [7, 11) is 0. The van der Waals surface area contributed by atoms with E-state index in [0.29, 0.717) is 0 Å². The van der Waals surface area contributed by atoms with Crippen LogP contribution in [-0.2, 0) is 4.79 Å². The fourth-order valence-corrected chi connectivity index (χ4v) is 1.01. The molecule has 0 bridgehead atoms. The van der Waals surface area contributed by atoms with Crippen molar-refractivity contribution >= 4 is 11.8 Å². The minimum atomic E-state index is -1.20. The fourth-order valence-electron chi connectivity index (χ4n) is 1.01. The number of aromatic nitrogens is 1. The predicted octanol–water partition coefficient (Wildman–Crippen LogP) is -0.631. The molecule has 1 rings (SSSR count). The molecule has 0 aliphatic rings. The van der Waals surface area contributed by atoms with Gasteiger partial charge in [0.05, 0.1) is 0 Å². The molecule has 6 nitrogen and oxygen atoms in total. The topological polar surface area (TPSA) is 105 Å². The molecule has 0 spiro atoms. The molecule has 0 fully saturated rings. The first-order chi connectivity index (χ1) is 7.34. The van der Waals surface area contributed by atoms with E-state index in [1.807, 2.05) is 0 Å². The highest BCUT2D eigenvalue weighted by Crippen LogP contribution is 2.01. The van der Waals surface area contributed by atoms with Gasteiger partial charge in [0, 0.05) is 18.5 Å². The third kappa shape index (κ3) is 2.47. The van der Waals surface area contributed by atoms with Crippen molar-refractivity contribution in [2.45, 2.75) is 19.4 Å². The molecule has 1 aromatic rings. The predicted molar refractivity (Wildman–Crippen MR) is 57.8 cm³/mol. The molecule has 0 aliphatic heterocycles. The van der Waals surface area contributed by atoms with Crippen molar-refractivity contribution < 1.29 is 9.59 Å². The average Bonchev–Trinajstić information content (AvgIpc) is 2.17. The SMILES string of the molecule is CC(C)(NC(=O)c1c[nH]ccc1=O)C(N)=O. The molecule has 0 saturated carbocycles. The van der Waals surface area contributed by atoms with Gasteiger partial charge in [-0.2, -0.15) is 0 Å². The molecule has 2 amide bonds. The number of H-pyrrole nitrogens is 1. The summed E-state index contributed by atoms with van der Waals surface area (Å²) in [6, 6.07) is 1.23. The molecule has 1 heterocycles. The molecular weight excluding hydrogens is 210 g/mol. The Hall–Kier alpha value is -2.11. The molecule has 0 radical (unpaired) electrons. The van der Waals surface area contributed by atoms with Crippen molar-refractivity contribution in [3.63, 3.8) is 0 Å². The molecule has 0 saturated heterocycles. The van der Waals surface area contributed by atoms with Crippen LogP contribution in [0.4, 0.5) is 0 Å². The number of carbonyl (C=O) groups is 2. The van der Waals surface area contributed by atoms with E-state index in [0.717, 1.165) is 0 Å². The van der Waals surface area contributed by atoms with Gasteiger partial charge in [-0.15, -0.1) is 0 Å². The highest BCUT2D eigenvalue weighted by Gasteiger charge is 2.27. The Morgan fingerprint density at radius 2 is 2.06 bits per heavy atom. The van der Waals surface area contributed by atoms with Crippen molar-refractivity contribution in [2.24, 2.45) is 5.73 Å². The van der Waals surface area contributed by atoms with Gasteiger partial charge in [0.2, 0.25) is 5.91 Å². The van der Waals surface area contributed by atoms with Gasteiger partial charge in [-0.05, 0) is 13.8 Å². The van der Waals surface area contributed by atoms with Gasteiger partial charge in [0.15, 0.2) is 5.43 Å². The number of carbonyl (C=O) groups excluding carboxylic acids is 2. The van der Waals surface area contributed by atoms with E-state index in [9.17, 15) is 14.4 Å². The zero-order valence-corrected chi connectivity index (χ0v) is 9.03. The zero-order valence-electron chi connectivity index (χ0n) is 9.03. The second-order valence-electron chi connectivity index (χ2n) is 3.87. The fraction of sp³-hybridized carbons (Fsp3) is 0.300. The first-order valence-corrected chi connectivity index (χ1v) is 4.64. The van der Waals surface area contributed by atoms with E-state index >= 15 is 0 Å². The van der Waals surface area contributed by atoms with E-state index in [2.05, 4.69) is 10.3 Å². The van der Waals surface area contributed by atoms with E-state index < -0.39 is 22.8 Å². The molecule has 6 heteroatoms. The van der Waals surface area contributed by atoms with Crippen molar-refractivity contribution in [2.75, 3.05) is 0 Å². The number of primary amides is 1. The van der Waals surface area contributed by atoms with Crippen LogP contribution in [0.5, 0.6) is 0 Å². The first-order valence-electron chi connectivity index (χ1n) is 4.64. The number of amides is 2. The lowest BCUT2D eigenvalue weighted by Gasteiger charge is -2.21. The van der Waals surface area contributed by atoms with Crippen LogP contribution in [0, 0.1) is 0 Å². The number of nitrogens with two attached hydrogens (primary N) is 1. The van der Waals surface area contributed by atoms with Gasteiger partial charge in [-0.1, -0.05) is 0 Å². The highest BCUT2D eigenvalue weighted by molar-refractivity contribution is 5.98. The number of nitrogens with one attached hydrogen (secondary N) is 2. The lowest BCUT2D eigenvalue weighted by molar-refractivity contribution is -0.122. The van der Waals surface area contributed by atoms with Crippen molar-refractivity contribution in [1.29, 1.82) is 0 Å². The minimum absolute atomic E-state index is 0.0585. The monoisotopic (exact) mass is 223 g/mol. The minimum Gasteiger partial charge on any atom is -0.368 e. The number of aromatic amines is 1.